The molecule has 0 saturated carbocycles. The predicted octanol–water partition coefficient (Wildman–Crippen LogP) is 3.71. The van der Waals surface area contributed by atoms with E-state index in [9.17, 15) is 9.59 Å². The summed E-state index contributed by atoms with van der Waals surface area (Å²) in [5.74, 6) is -0.583. The fraction of sp³-hybridized carbons (Fsp3) is 0.294. The van der Waals surface area contributed by atoms with Gasteiger partial charge in [0.2, 0.25) is 5.91 Å². The number of carbonyl (C=O) groups is 2. The van der Waals surface area contributed by atoms with Gasteiger partial charge < -0.3 is 15.1 Å². The molecule has 0 aliphatic heterocycles. The van der Waals surface area contributed by atoms with Crippen molar-refractivity contribution < 1.29 is 14.0 Å². The van der Waals surface area contributed by atoms with Gasteiger partial charge in [-0.15, -0.1) is 0 Å². The van der Waals surface area contributed by atoms with Crippen molar-refractivity contribution in [3.8, 4) is 0 Å². The average molecular weight is 379 g/mol. The first kappa shape index (κ1) is 17.3. The highest BCUT2D eigenvalue weighted by Crippen LogP contribution is 2.23. The Morgan fingerprint density at radius 2 is 1.74 bits per heavy atom. The summed E-state index contributed by atoms with van der Waals surface area (Å²) in [6.07, 6.45) is 0. The van der Waals surface area contributed by atoms with E-state index in [0.29, 0.717) is 10.4 Å². The van der Waals surface area contributed by atoms with Crippen molar-refractivity contribution in [2.75, 3.05) is 11.9 Å². The standard InChI is InChI=1S/C17H19BrN2O3/c1-17(2,3)11-4-6-12(7-5-11)20-15(21)10-19-16(22)13-8-9-14(18)23-13/h4-9H,10H2,1-3H3,(H,19,22)(H,20,21). The van der Waals surface area contributed by atoms with Gasteiger partial charge >= 0.3 is 0 Å². The molecular weight excluding hydrogens is 360 g/mol. The Morgan fingerprint density at radius 1 is 1.09 bits per heavy atom. The topological polar surface area (TPSA) is 71.3 Å². The summed E-state index contributed by atoms with van der Waals surface area (Å²) in [4.78, 5) is 23.6. The van der Waals surface area contributed by atoms with Crippen LogP contribution < -0.4 is 10.6 Å². The molecule has 122 valence electrons. The van der Waals surface area contributed by atoms with E-state index >= 15 is 0 Å². The first-order valence-corrected chi connectivity index (χ1v) is 7.99. The molecule has 0 aliphatic rings. The summed E-state index contributed by atoms with van der Waals surface area (Å²) in [6.45, 7) is 6.26. The van der Waals surface area contributed by atoms with Gasteiger partial charge in [0.1, 0.15) is 0 Å². The number of amides is 2. The summed E-state index contributed by atoms with van der Waals surface area (Å²) in [5, 5.41) is 5.24. The molecule has 1 heterocycles. The molecule has 0 unspecified atom stereocenters. The molecule has 1 aromatic heterocycles. The van der Waals surface area contributed by atoms with Gasteiger partial charge in [0.25, 0.3) is 5.91 Å². The van der Waals surface area contributed by atoms with Gasteiger partial charge in [-0.3, -0.25) is 9.59 Å². The van der Waals surface area contributed by atoms with Crippen molar-refractivity contribution in [2.45, 2.75) is 26.2 Å². The van der Waals surface area contributed by atoms with Crippen LogP contribution >= 0.6 is 15.9 Å². The van der Waals surface area contributed by atoms with Crippen molar-refractivity contribution >= 4 is 33.4 Å². The Bertz CT molecular complexity index is 699. The van der Waals surface area contributed by atoms with Crippen molar-refractivity contribution in [1.82, 2.24) is 5.32 Å². The summed E-state index contributed by atoms with van der Waals surface area (Å²) < 4.78 is 5.58. The number of halogens is 1. The van der Waals surface area contributed by atoms with E-state index in [1.807, 2.05) is 24.3 Å². The zero-order valence-electron chi connectivity index (χ0n) is 13.3. The highest BCUT2D eigenvalue weighted by molar-refractivity contribution is 9.10. The number of hydrogen-bond donors (Lipinski definition) is 2. The second-order valence-corrected chi connectivity index (χ2v) is 6.94. The normalized spacial score (nSPS) is 11.1. The van der Waals surface area contributed by atoms with Crippen LogP contribution in [0, 0.1) is 0 Å². The molecule has 1 aromatic carbocycles. The summed E-state index contributed by atoms with van der Waals surface area (Å²) in [7, 11) is 0. The predicted molar refractivity (Wildman–Crippen MR) is 92.5 cm³/mol. The molecule has 2 aromatic rings. The van der Waals surface area contributed by atoms with E-state index in [2.05, 4.69) is 47.3 Å². The number of benzene rings is 1. The van der Waals surface area contributed by atoms with Crippen molar-refractivity contribution in [2.24, 2.45) is 0 Å². The molecule has 0 spiro atoms. The van der Waals surface area contributed by atoms with Crippen LogP contribution in [0.15, 0.2) is 45.5 Å². The van der Waals surface area contributed by atoms with Crippen molar-refractivity contribution in [3.05, 3.63) is 52.4 Å². The van der Waals surface area contributed by atoms with Gasteiger partial charge in [0.05, 0.1) is 6.54 Å². The minimum atomic E-state index is -0.436. The Morgan fingerprint density at radius 3 is 2.26 bits per heavy atom. The van der Waals surface area contributed by atoms with E-state index in [4.69, 9.17) is 4.42 Å². The largest absolute Gasteiger partial charge is 0.444 e. The second kappa shape index (κ2) is 7.00. The lowest BCUT2D eigenvalue weighted by Crippen LogP contribution is -2.32. The fourth-order valence-electron chi connectivity index (χ4n) is 1.94. The average Bonchev–Trinajstić information content (AvgIpc) is 2.91. The molecule has 0 bridgehead atoms. The molecular formula is C17H19BrN2O3. The van der Waals surface area contributed by atoms with Gasteiger partial charge in [0, 0.05) is 5.69 Å². The maximum Gasteiger partial charge on any atom is 0.287 e. The molecule has 0 atom stereocenters. The van der Waals surface area contributed by atoms with Crippen LogP contribution in [-0.2, 0) is 10.2 Å². The van der Waals surface area contributed by atoms with Crippen molar-refractivity contribution in [3.63, 3.8) is 0 Å². The number of carbonyl (C=O) groups excluding carboxylic acids is 2. The van der Waals surface area contributed by atoms with E-state index in [-0.39, 0.29) is 23.6 Å². The molecule has 0 aliphatic carbocycles. The maximum absolute atomic E-state index is 11.9. The molecule has 0 fully saturated rings. The molecule has 2 rings (SSSR count). The Balaban J connectivity index is 1.86. The highest BCUT2D eigenvalue weighted by Gasteiger charge is 2.14. The SMILES string of the molecule is CC(C)(C)c1ccc(NC(=O)CNC(=O)c2ccc(Br)o2)cc1. The van der Waals surface area contributed by atoms with Gasteiger partial charge in [-0.05, 0) is 51.2 Å². The molecule has 0 radical (unpaired) electrons. The summed E-state index contributed by atoms with van der Waals surface area (Å²) in [6, 6.07) is 10.8. The summed E-state index contributed by atoms with van der Waals surface area (Å²) in [5.41, 5.74) is 1.94. The lowest BCUT2D eigenvalue weighted by molar-refractivity contribution is -0.115. The molecule has 23 heavy (non-hydrogen) atoms. The van der Waals surface area contributed by atoms with E-state index < -0.39 is 5.91 Å². The quantitative estimate of drug-likeness (QED) is 0.851. The van der Waals surface area contributed by atoms with Crippen LogP contribution in [0.2, 0.25) is 0 Å². The minimum Gasteiger partial charge on any atom is -0.444 e. The smallest absolute Gasteiger partial charge is 0.287 e. The first-order valence-electron chi connectivity index (χ1n) is 7.19. The third-order valence-electron chi connectivity index (χ3n) is 3.24. The lowest BCUT2D eigenvalue weighted by Gasteiger charge is -2.19. The van der Waals surface area contributed by atoms with Crippen LogP contribution in [0.5, 0.6) is 0 Å². The van der Waals surface area contributed by atoms with E-state index in [1.54, 1.807) is 6.07 Å². The van der Waals surface area contributed by atoms with Crippen LogP contribution in [0.1, 0.15) is 36.9 Å². The number of hydrogen-bond acceptors (Lipinski definition) is 3. The highest BCUT2D eigenvalue weighted by atomic mass is 79.9. The monoisotopic (exact) mass is 378 g/mol. The molecule has 6 heteroatoms. The Hall–Kier alpha value is -2.08. The van der Waals surface area contributed by atoms with E-state index in [0.717, 1.165) is 0 Å². The molecule has 0 saturated heterocycles. The van der Waals surface area contributed by atoms with E-state index in [1.165, 1.54) is 11.6 Å². The van der Waals surface area contributed by atoms with Crippen LogP contribution in [0.25, 0.3) is 0 Å². The third kappa shape index (κ3) is 4.96. The molecule has 2 amide bonds. The van der Waals surface area contributed by atoms with Crippen LogP contribution in [0.3, 0.4) is 0 Å². The molecule has 2 N–H and O–H groups in total. The zero-order chi connectivity index (χ0) is 17.0. The van der Waals surface area contributed by atoms with Gasteiger partial charge in [-0.2, -0.15) is 0 Å². The van der Waals surface area contributed by atoms with Gasteiger partial charge in [-0.1, -0.05) is 32.9 Å². The van der Waals surface area contributed by atoms with Gasteiger partial charge in [-0.25, -0.2) is 0 Å². The maximum atomic E-state index is 11.9. The second-order valence-electron chi connectivity index (χ2n) is 6.16. The minimum absolute atomic E-state index is 0.0633. The fourth-order valence-corrected chi connectivity index (χ4v) is 2.25. The number of nitrogens with one attached hydrogen (secondary N) is 2. The van der Waals surface area contributed by atoms with Crippen LogP contribution in [-0.4, -0.2) is 18.4 Å². The number of anilines is 1. The number of rotatable bonds is 4. The summed E-state index contributed by atoms with van der Waals surface area (Å²) >= 11 is 3.12. The third-order valence-corrected chi connectivity index (χ3v) is 3.67. The van der Waals surface area contributed by atoms with Crippen molar-refractivity contribution in [1.29, 1.82) is 0 Å². The molecule has 5 nitrogen and oxygen atoms in total. The number of furan rings is 1. The van der Waals surface area contributed by atoms with Gasteiger partial charge in [0.15, 0.2) is 10.4 Å². The lowest BCUT2D eigenvalue weighted by atomic mass is 9.87. The zero-order valence-corrected chi connectivity index (χ0v) is 14.9. The Labute approximate surface area is 143 Å². The van der Waals surface area contributed by atoms with Crippen LogP contribution in [0.4, 0.5) is 5.69 Å². The first-order chi connectivity index (χ1) is 10.8. The Kier molecular flexibility index (Phi) is 5.26.